The standard InChI is InChI=1S/C16H22N6O2S/c1-3-24-15(23)13-4-5-14(17-10-13)21-8-6-20(7-9-21)12-22-16(25)19(2)11-18-22/h4-5,10-11H,3,6-9,12H2,1-2H3. The van der Waals surface area contributed by atoms with E-state index in [2.05, 4.69) is 19.9 Å². The summed E-state index contributed by atoms with van der Waals surface area (Å²) in [5.74, 6) is 0.542. The maximum Gasteiger partial charge on any atom is 0.339 e. The number of hydrogen-bond acceptors (Lipinski definition) is 7. The molecule has 2 aromatic heterocycles. The van der Waals surface area contributed by atoms with Crippen molar-refractivity contribution in [2.24, 2.45) is 7.05 Å². The van der Waals surface area contributed by atoms with Gasteiger partial charge in [-0.15, -0.1) is 0 Å². The summed E-state index contributed by atoms with van der Waals surface area (Å²) < 4.78 is 9.36. The number of aryl methyl sites for hydroxylation is 1. The van der Waals surface area contributed by atoms with Crippen LogP contribution in [0.4, 0.5) is 5.82 Å². The molecule has 0 amide bonds. The second-order valence-corrected chi connectivity index (χ2v) is 6.26. The molecule has 2 aromatic rings. The van der Waals surface area contributed by atoms with E-state index in [9.17, 15) is 4.79 Å². The van der Waals surface area contributed by atoms with E-state index >= 15 is 0 Å². The lowest BCUT2D eigenvalue weighted by atomic mass is 10.2. The maximum atomic E-state index is 11.7. The molecule has 0 spiro atoms. The second kappa shape index (κ2) is 7.75. The van der Waals surface area contributed by atoms with Gasteiger partial charge >= 0.3 is 5.97 Å². The van der Waals surface area contributed by atoms with Crippen LogP contribution in [0.25, 0.3) is 0 Å². The zero-order valence-corrected chi connectivity index (χ0v) is 15.3. The van der Waals surface area contributed by atoms with E-state index in [1.54, 1.807) is 25.5 Å². The average molecular weight is 362 g/mol. The van der Waals surface area contributed by atoms with Crippen molar-refractivity contribution in [2.45, 2.75) is 13.6 Å². The van der Waals surface area contributed by atoms with Gasteiger partial charge in [0, 0.05) is 39.4 Å². The van der Waals surface area contributed by atoms with Gasteiger partial charge in [0.2, 0.25) is 0 Å². The molecular weight excluding hydrogens is 340 g/mol. The molecule has 0 atom stereocenters. The van der Waals surface area contributed by atoms with Crippen LogP contribution in [0.5, 0.6) is 0 Å². The number of pyridine rings is 1. The third-order valence-electron chi connectivity index (χ3n) is 4.18. The van der Waals surface area contributed by atoms with E-state index in [0.29, 0.717) is 18.8 Å². The SMILES string of the molecule is CCOC(=O)c1ccc(N2CCN(Cn3ncn(C)c3=S)CC2)nc1. The van der Waals surface area contributed by atoms with E-state index in [1.165, 1.54) is 0 Å². The van der Waals surface area contributed by atoms with Crippen LogP contribution < -0.4 is 4.90 Å². The van der Waals surface area contributed by atoms with Crippen LogP contribution in [-0.4, -0.2) is 63.0 Å². The van der Waals surface area contributed by atoms with Crippen molar-refractivity contribution in [3.8, 4) is 0 Å². The van der Waals surface area contributed by atoms with E-state index in [1.807, 2.05) is 22.4 Å². The molecule has 1 aliphatic heterocycles. The van der Waals surface area contributed by atoms with Crippen molar-refractivity contribution in [3.05, 3.63) is 35.0 Å². The Labute approximate surface area is 151 Å². The van der Waals surface area contributed by atoms with Gasteiger partial charge in [-0.1, -0.05) is 0 Å². The highest BCUT2D eigenvalue weighted by atomic mass is 32.1. The highest BCUT2D eigenvalue weighted by Gasteiger charge is 2.19. The number of nitrogens with zero attached hydrogens (tertiary/aromatic N) is 6. The first-order valence-electron chi connectivity index (χ1n) is 8.27. The van der Waals surface area contributed by atoms with Crippen LogP contribution >= 0.6 is 12.2 Å². The van der Waals surface area contributed by atoms with Crippen molar-refractivity contribution in [3.63, 3.8) is 0 Å². The zero-order valence-electron chi connectivity index (χ0n) is 14.5. The third-order valence-corrected chi connectivity index (χ3v) is 4.67. The Hall–Kier alpha value is -2.26. The first-order valence-corrected chi connectivity index (χ1v) is 8.68. The minimum Gasteiger partial charge on any atom is -0.462 e. The van der Waals surface area contributed by atoms with Crippen LogP contribution in [0.15, 0.2) is 24.7 Å². The Morgan fingerprint density at radius 2 is 2.04 bits per heavy atom. The van der Waals surface area contributed by atoms with E-state index in [0.717, 1.165) is 36.8 Å². The Morgan fingerprint density at radius 1 is 1.28 bits per heavy atom. The van der Waals surface area contributed by atoms with Crippen molar-refractivity contribution >= 4 is 24.0 Å². The minimum atomic E-state index is -0.335. The van der Waals surface area contributed by atoms with Gasteiger partial charge in [0.1, 0.15) is 12.1 Å². The number of hydrogen-bond donors (Lipinski definition) is 0. The topological polar surface area (TPSA) is 68.4 Å². The lowest BCUT2D eigenvalue weighted by molar-refractivity contribution is 0.0526. The van der Waals surface area contributed by atoms with Crippen LogP contribution in [0.1, 0.15) is 17.3 Å². The smallest absolute Gasteiger partial charge is 0.339 e. The third kappa shape index (κ3) is 4.05. The molecule has 0 aromatic carbocycles. The molecule has 134 valence electrons. The number of carbonyl (C=O) groups excluding carboxylic acids is 1. The van der Waals surface area contributed by atoms with E-state index in [4.69, 9.17) is 17.0 Å². The van der Waals surface area contributed by atoms with E-state index in [-0.39, 0.29) is 5.97 Å². The summed E-state index contributed by atoms with van der Waals surface area (Å²) in [6.07, 6.45) is 3.31. The molecule has 1 fully saturated rings. The number of anilines is 1. The normalized spacial score (nSPS) is 15.4. The molecule has 0 aliphatic carbocycles. The fourth-order valence-electron chi connectivity index (χ4n) is 2.73. The van der Waals surface area contributed by atoms with Gasteiger partial charge in [0.15, 0.2) is 4.77 Å². The lowest BCUT2D eigenvalue weighted by Gasteiger charge is -2.35. The van der Waals surface area contributed by atoms with E-state index < -0.39 is 0 Å². The Bertz CT molecular complexity index is 777. The van der Waals surface area contributed by atoms with Gasteiger partial charge in [0.05, 0.1) is 18.8 Å². The van der Waals surface area contributed by atoms with Gasteiger partial charge < -0.3 is 14.2 Å². The molecule has 9 heteroatoms. The highest BCUT2D eigenvalue weighted by molar-refractivity contribution is 7.71. The Kier molecular flexibility index (Phi) is 5.44. The largest absolute Gasteiger partial charge is 0.462 e. The Morgan fingerprint density at radius 3 is 2.60 bits per heavy atom. The molecule has 0 saturated carbocycles. The summed E-state index contributed by atoms with van der Waals surface area (Å²) in [5.41, 5.74) is 0.480. The summed E-state index contributed by atoms with van der Waals surface area (Å²) in [7, 11) is 1.90. The minimum absolute atomic E-state index is 0.335. The molecule has 8 nitrogen and oxygen atoms in total. The highest BCUT2D eigenvalue weighted by Crippen LogP contribution is 2.15. The number of ether oxygens (including phenoxy) is 1. The van der Waals surface area contributed by atoms with Crippen molar-refractivity contribution in [1.29, 1.82) is 0 Å². The predicted octanol–water partition coefficient (Wildman–Crippen LogP) is 1.30. The molecule has 0 unspecified atom stereocenters. The van der Waals surface area contributed by atoms with Gasteiger partial charge in [0.25, 0.3) is 0 Å². The zero-order chi connectivity index (χ0) is 17.8. The lowest BCUT2D eigenvalue weighted by Crippen LogP contribution is -2.47. The van der Waals surface area contributed by atoms with Crippen LogP contribution in [0.2, 0.25) is 0 Å². The summed E-state index contributed by atoms with van der Waals surface area (Å²) in [6.45, 7) is 6.39. The monoisotopic (exact) mass is 362 g/mol. The molecule has 0 bridgehead atoms. The van der Waals surface area contributed by atoms with Crippen molar-refractivity contribution < 1.29 is 9.53 Å². The van der Waals surface area contributed by atoms with Crippen molar-refractivity contribution in [1.82, 2.24) is 24.2 Å². The van der Waals surface area contributed by atoms with Gasteiger partial charge in [-0.25, -0.2) is 14.5 Å². The Balaban J connectivity index is 1.56. The predicted molar refractivity (Wildman–Crippen MR) is 96.0 cm³/mol. The number of esters is 1. The second-order valence-electron chi connectivity index (χ2n) is 5.90. The molecule has 1 aliphatic rings. The molecule has 1 saturated heterocycles. The van der Waals surface area contributed by atoms with Gasteiger partial charge in [-0.3, -0.25) is 4.90 Å². The molecule has 25 heavy (non-hydrogen) atoms. The average Bonchev–Trinajstić information content (AvgIpc) is 2.95. The first kappa shape index (κ1) is 17.6. The molecule has 3 rings (SSSR count). The maximum absolute atomic E-state index is 11.7. The number of piperazine rings is 1. The number of carbonyl (C=O) groups is 1. The summed E-state index contributed by atoms with van der Waals surface area (Å²) in [4.78, 5) is 20.6. The summed E-state index contributed by atoms with van der Waals surface area (Å²) in [6, 6.07) is 3.64. The molecular formula is C16H22N6O2S. The number of aromatic nitrogens is 4. The molecule has 0 N–H and O–H groups in total. The van der Waals surface area contributed by atoms with Crippen LogP contribution in [-0.2, 0) is 18.5 Å². The van der Waals surface area contributed by atoms with Gasteiger partial charge in [-0.05, 0) is 31.3 Å². The fraction of sp³-hybridized carbons (Fsp3) is 0.500. The molecule has 3 heterocycles. The number of rotatable bonds is 5. The van der Waals surface area contributed by atoms with Crippen LogP contribution in [0.3, 0.4) is 0 Å². The van der Waals surface area contributed by atoms with Crippen LogP contribution in [0, 0.1) is 4.77 Å². The fourth-order valence-corrected chi connectivity index (χ4v) is 2.89. The van der Waals surface area contributed by atoms with Gasteiger partial charge in [-0.2, -0.15) is 5.10 Å². The first-order chi connectivity index (χ1) is 12.1. The van der Waals surface area contributed by atoms with Crippen molar-refractivity contribution in [2.75, 3.05) is 37.7 Å². The molecule has 0 radical (unpaired) electrons. The quantitative estimate of drug-likeness (QED) is 0.587. The summed E-state index contributed by atoms with van der Waals surface area (Å²) in [5, 5.41) is 4.29. The summed E-state index contributed by atoms with van der Waals surface area (Å²) >= 11 is 5.33.